The minimum absolute atomic E-state index is 0.0945. The van der Waals surface area contributed by atoms with E-state index < -0.39 is 0 Å². The summed E-state index contributed by atoms with van der Waals surface area (Å²) in [6.45, 7) is 3.56. The van der Waals surface area contributed by atoms with Crippen LogP contribution in [0, 0.1) is 6.92 Å². The van der Waals surface area contributed by atoms with Gasteiger partial charge in [0, 0.05) is 29.0 Å². The van der Waals surface area contributed by atoms with E-state index in [4.69, 9.17) is 0 Å². The van der Waals surface area contributed by atoms with Crippen LogP contribution >= 0.6 is 23.1 Å². The average Bonchev–Trinajstić information content (AvgIpc) is 3.26. The monoisotopic (exact) mass is 383 g/mol. The Morgan fingerprint density at radius 1 is 1.15 bits per heavy atom. The fourth-order valence-electron chi connectivity index (χ4n) is 3.29. The second kappa shape index (κ2) is 7.68. The Hall–Kier alpha value is -2.05. The van der Waals surface area contributed by atoms with Crippen molar-refractivity contribution in [3.63, 3.8) is 0 Å². The summed E-state index contributed by atoms with van der Waals surface area (Å²) < 4.78 is 1.84. The van der Waals surface area contributed by atoms with E-state index in [0.717, 1.165) is 36.6 Å². The molecule has 4 rings (SSSR count). The SMILES string of the molecule is Cc1c(C(=O)N2CCSC(c3cccs3)CC2)cnn1-c1ccccc1. The average molecular weight is 384 g/mol. The fourth-order valence-corrected chi connectivity index (χ4v) is 5.53. The third-order valence-electron chi connectivity index (χ3n) is 4.73. The molecule has 0 spiro atoms. The lowest BCUT2D eigenvalue weighted by Gasteiger charge is -2.20. The van der Waals surface area contributed by atoms with Gasteiger partial charge in [0.15, 0.2) is 0 Å². The number of nitrogens with zero attached hydrogens (tertiary/aromatic N) is 3. The number of carbonyl (C=O) groups is 1. The first kappa shape index (κ1) is 17.4. The molecule has 3 heterocycles. The van der Waals surface area contributed by atoms with E-state index in [1.807, 2.05) is 69.9 Å². The predicted octanol–water partition coefficient (Wildman–Crippen LogP) is 4.56. The highest BCUT2D eigenvalue weighted by atomic mass is 32.2. The lowest BCUT2D eigenvalue weighted by molar-refractivity contribution is 0.0766. The van der Waals surface area contributed by atoms with Gasteiger partial charge in [-0.2, -0.15) is 16.9 Å². The smallest absolute Gasteiger partial charge is 0.257 e. The predicted molar refractivity (Wildman–Crippen MR) is 108 cm³/mol. The maximum atomic E-state index is 13.1. The fraction of sp³-hybridized carbons (Fsp3) is 0.300. The lowest BCUT2D eigenvalue weighted by Crippen LogP contribution is -2.33. The van der Waals surface area contributed by atoms with Crippen LogP contribution in [0.1, 0.15) is 32.6 Å². The molecule has 2 aromatic heterocycles. The zero-order valence-corrected chi connectivity index (χ0v) is 16.3. The molecule has 134 valence electrons. The van der Waals surface area contributed by atoms with E-state index in [-0.39, 0.29) is 5.91 Å². The van der Waals surface area contributed by atoms with Crippen LogP contribution in [0.25, 0.3) is 5.69 Å². The van der Waals surface area contributed by atoms with Crippen LogP contribution in [0.4, 0.5) is 0 Å². The molecule has 1 atom stereocenters. The van der Waals surface area contributed by atoms with Crippen molar-refractivity contribution in [2.24, 2.45) is 0 Å². The summed E-state index contributed by atoms with van der Waals surface area (Å²) in [4.78, 5) is 16.5. The Morgan fingerprint density at radius 3 is 2.77 bits per heavy atom. The topological polar surface area (TPSA) is 38.1 Å². The van der Waals surface area contributed by atoms with Gasteiger partial charge in [0.2, 0.25) is 0 Å². The van der Waals surface area contributed by atoms with Crippen molar-refractivity contribution in [1.82, 2.24) is 14.7 Å². The summed E-state index contributed by atoms with van der Waals surface area (Å²) in [5.74, 6) is 1.07. The van der Waals surface area contributed by atoms with E-state index >= 15 is 0 Å². The van der Waals surface area contributed by atoms with E-state index in [2.05, 4.69) is 22.6 Å². The van der Waals surface area contributed by atoms with Gasteiger partial charge in [0.1, 0.15) is 0 Å². The summed E-state index contributed by atoms with van der Waals surface area (Å²) in [6.07, 6.45) is 2.71. The molecule has 4 nitrogen and oxygen atoms in total. The van der Waals surface area contributed by atoms with Crippen molar-refractivity contribution in [3.05, 3.63) is 70.2 Å². The number of thioether (sulfide) groups is 1. The van der Waals surface area contributed by atoms with Crippen LogP contribution in [0.3, 0.4) is 0 Å². The molecule has 1 aromatic carbocycles. The third-order valence-corrected chi connectivity index (χ3v) is 7.18. The second-order valence-electron chi connectivity index (χ2n) is 6.35. The van der Waals surface area contributed by atoms with E-state index in [0.29, 0.717) is 10.8 Å². The molecule has 1 amide bonds. The molecule has 0 bridgehead atoms. The number of aromatic nitrogens is 2. The Bertz CT molecular complexity index is 874. The summed E-state index contributed by atoms with van der Waals surface area (Å²) in [6, 6.07) is 14.3. The summed E-state index contributed by atoms with van der Waals surface area (Å²) in [5.41, 5.74) is 2.58. The zero-order valence-electron chi connectivity index (χ0n) is 14.7. The van der Waals surface area contributed by atoms with E-state index in [1.54, 1.807) is 6.20 Å². The van der Waals surface area contributed by atoms with Gasteiger partial charge >= 0.3 is 0 Å². The Morgan fingerprint density at radius 2 is 2.00 bits per heavy atom. The second-order valence-corrected chi connectivity index (χ2v) is 8.64. The Balaban J connectivity index is 1.50. The highest BCUT2D eigenvalue weighted by Crippen LogP contribution is 2.37. The standard InChI is InChI=1S/C20H21N3OS2/c1-15-17(14-21-23(15)16-6-3-2-4-7-16)20(24)22-10-9-19(26-13-11-22)18-8-5-12-25-18/h2-8,12,14,19H,9-11,13H2,1H3. The summed E-state index contributed by atoms with van der Waals surface area (Å²) in [7, 11) is 0. The number of para-hydroxylation sites is 1. The molecule has 0 saturated carbocycles. The Labute approximate surface area is 161 Å². The summed E-state index contributed by atoms with van der Waals surface area (Å²) >= 11 is 3.77. The van der Waals surface area contributed by atoms with Crippen molar-refractivity contribution in [2.75, 3.05) is 18.8 Å². The first-order valence-electron chi connectivity index (χ1n) is 8.78. The van der Waals surface area contributed by atoms with Gasteiger partial charge in [0.05, 0.1) is 23.1 Å². The number of thiophene rings is 1. The van der Waals surface area contributed by atoms with Crippen molar-refractivity contribution >= 4 is 29.0 Å². The highest BCUT2D eigenvalue weighted by Gasteiger charge is 2.25. The van der Waals surface area contributed by atoms with E-state index in [1.165, 1.54) is 4.88 Å². The molecule has 0 aliphatic carbocycles. The van der Waals surface area contributed by atoms with Gasteiger partial charge in [0.25, 0.3) is 5.91 Å². The zero-order chi connectivity index (χ0) is 17.9. The molecule has 0 radical (unpaired) electrons. The quantitative estimate of drug-likeness (QED) is 0.665. The van der Waals surface area contributed by atoms with Gasteiger partial charge in [-0.05, 0) is 36.9 Å². The largest absolute Gasteiger partial charge is 0.338 e. The van der Waals surface area contributed by atoms with Crippen LogP contribution in [-0.2, 0) is 0 Å². The molecular weight excluding hydrogens is 362 g/mol. The number of benzene rings is 1. The highest BCUT2D eigenvalue weighted by molar-refractivity contribution is 7.99. The van der Waals surface area contributed by atoms with Gasteiger partial charge in [-0.25, -0.2) is 4.68 Å². The van der Waals surface area contributed by atoms with Crippen molar-refractivity contribution in [2.45, 2.75) is 18.6 Å². The molecule has 1 saturated heterocycles. The first-order valence-corrected chi connectivity index (χ1v) is 10.7. The van der Waals surface area contributed by atoms with E-state index in [9.17, 15) is 4.79 Å². The lowest BCUT2D eigenvalue weighted by atomic mass is 10.2. The molecule has 0 N–H and O–H groups in total. The van der Waals surface area contributed by atoms with Crippen LogP contribution in [0.15, 0.2) is 54.0 Å². The number of rotatable bonds is 3. The molecule has 26 heavy (non-hydrogen) atoms. The number of amides is 1. The van der Waals surface area contributed by atoms with Crippen LogP contribution < -0.4 is 0 Å². The molecule has 1 fully saturated rings. The summed E-state index contributed by atoms with van der Waals surface area (Å²) in [5, 5.41) is 7.08. The number of carbonyl (C=O) groups excluding carboxylic acids is 1. The molecular formula is C20H21N3OS2. The van der Waals surface area contributed by atoms with Crippen LogP contribution in [-0.4, -0.2) is 39.4 Å². The van der Waals surface area contributed by atoms with Crippen molar-refractivity contribution < 1.29 is 4.79 Å². The van der Waals surface area contributed by atoms with Crippen LogP contribution in [0.5, 0.6) is 0 Å². The first-order chi connectivity index (χ1) is 12.7. The minimum atomic E-state index is 0.0945. The normalized spacial score (nSPS) is 17.9. The molecule has 1 aliphatic heterocycles. The molecule has 3 aromatic rings. The van der Waals surface area contributed by atoms with Gasteiger partial charge in [-0.3, -0.25) is 4.79 Å². The van der Waals surface area contributed by atoms with Gasteiger partial charge in [-0.15, -0.1) is 11.3 Å². The third kappa shape index (κ3) is 3.44. The molecule has 1 unspecified atom stereocenters. The number of hydrogen-bond acceptors (Lipinski definition) is 4. The maximum Gasteiger partial charge on any atom is 0.257 e. The molecule has 1 aliphatic rings. The Kier molecular flexibility index (Phi) is 5.13. The number of hydrogen-bond donors (Lipinski definition) is 0. The van der Waals surface area contributed by atoms with Gasteiger partial charge in [-0.1, -0.05) is 24.3 Å². The van der Waals surface area contributed by atoms with Crippen molar-refractivity contribution in [3.8, 4) is 5.69 Å². The maximum absolute atomic E-state index is 13.1. The minimum Gasteiger partial charge on any atom is -0.338 e. The molecule has 6 heteroatoms. The van der Waals surface area contributed by atoms with Gasteiger partial charge < -0.3 is 4.90 Å². The van der Waals surface area contributed by atoms with Crippen molar-refractivity contribution in [1.29, 1.82) is 0 Å². The van der Waals surface area contributed by atoms with Crippen LogP contribution in [0.2, 0.25) is 0 Å².